The van der Waals surface area contributed by atoms with Gasteiger partial charge in [0.05, 0.1) is 11.3 Å². The van der Waals surface area contributed by atoms with Gasteiger partial charge in [0.1, 0.15) is 10.8 Å². The predicted octanol–water partition coefficient (Wildman–Crippen LogP) is 8.86. The van der Waals surface area contributed by atoms with Gasteiger partial charge in [0.2, 0.25) is 0 Å². The van der Waals surface area contributed by atoms with Crippen LogP contribution in [-0.4, -0.2) is 21.0 Å². The van der Waals surface area contributed by atoms with Crippen molar-refractivity contribution >= 4 is 28.9 Å². The van der Waals surface area contributed by atoms with Crippen LogP contribution >= 0.6 is 11.6 Å². The number of aliphatic imine (C=N–C) groups is 1. The number of carbonyl (C=O) groups is 1. The molecule has 47 heavy (non-hydrogen) atoms. The molecular formula is C38H26ClF2N3O3. The average molecular weight is 646 g/mol. The van der Waals surface area contributed by atoms with Gasteiger partial charge in [0.15, 0.2) is 28.9 Å². The number of halogens is 3. The first kappa shape index (κ1) is 31.3. The number of aromatic nitrogens is 2. The zero-order chi connectivity index (χ0) is 32.9. The van der Waals surface area contributed by atoms with Gasteiger partial charge in [-0.2, -0.15) is 0 Å². The number of ether oxygens (including phenoxy) is 1. The Morgan fingerprint density at radius 1 is 0.851 bits per heavy atom. The smallest absolute Gasteiger partial charge is 0.266 e. The van der Waals surface area contributed by atoms with E-state index in [0.29, 0.717) is 22.5 Å². The highest BCUT2D eigenvalue weighted by Crippen LogP contribution is 2.36. The van der Waals surface area contributed by atoms with Crippen LogP contribution < -0.4 is 10.3 Å². The predicted molar refractivity (Wildman–Crippen MR) is 179 cm³/mol. The Kier molecular flexibility index (Phi) is 9.13. The van der Waals surface area contributed by atoms with Gasteiger partial charge >= 0.3 is 0 Å². The van der Waals surface area contributed by atoms with E-state index in [-0.39, 0.29) is 34.3 Å². The van der Waals surface area contributed by atoms with E-state index in [1.807, 2.05) is 60.7 Å². The van der Waals surface area contributed by atoms with Gasteiger partial charge in [-0.3, -0.25) is 14.2 Å². The third-order valence-corrected chi connectivity index (χ3v) is 7.77. The molecule has 0 radical (unpaired) electrons. The molecule has 0 aliphatic rings. The highest BCUT2D eigenvalue weighted by atomic mass is 35.5. The zero-order valence-electron chi connectivity index (χ0n) is 25.0. The van der Waals surface area contributed by atoms with Crippen molar-refractivity contribution in [3.05, 3.63) is 182 Å². The molecule has 0 fully saturated rings. The van der Waals surface area contributed by atoms with E-state index in [9.17, 15) is 14.0 Å². The van der Waals surface area contributed by atoms with E-state index in [4.69, 9.17) is 21.3 Å². The maximum Gasteiger partial charge on any atom is 0.266 e. The first-order valence-electron chi connectivity index (χ1n) is 14.6. The second kappa shape index (κ2) is 13.7. The SMILES string of the molecule is Cc1ccn(-c2ccc(F)cc2)c(=O)c1C(=O)Cc1ccc(Oc2ccnc(N=C(c3ccccc3)c3ccccc3)c2Cl)c(F)c1. The van der Waals surface area contributed by atoms with Crippen LogP contribution in [-0.2, 0) is 6.42 Å². The van der Waals surface area contributed by atoms with Crippen LogP contribution in [0.15, 0.2) is 137 Å². The number of benzene rings is 4. The monoisotopic (exact) mass is 645 g/mol. The summed E-state index contributed by atoms with van der Waals surface area (Å²) in [4.78, 5) is 35.6. The van der Waals surface area contributed by atoms with Gasteiger partial charge < -0.3 is 4.74 Å². The summed E-state index contributed by atoms with van der Waals surface area (Å²) < 4.78 is 35.9. The van der Waals surface area contributed by atoms with Crippen LogP contribution in [0.4, 0.5) is 14.6 Å². The lowest BCUT2D eigenvalue weighted by atomic mass is 10.0. The molecule has 0 N–H and O–H groups in total. The van der Waals surface area contributed by atoms with E-state index in [1.54, 1.807) is 19.1 Å². The van der Waals surface area contributed by atoms with Gasteiger partial charge in [-0.15, -0.1) is 0 Å². The molecule has 9 heteroatoms. The summed E-state index contributed by atoms with van der Waals surface area (Å²) in [5, 5.41) is 0.0903. The van der Waals surface area contributed by atoms with Crippen molar-refractivity contribution in [1.82, 2.24) is 9.55 Å². The summed E-state index contributed by atoms with van der Waals surface area (Å²) >= 11 is 6.68. The molecule has 232 valence electrons. The normalized spacial score (nSPS) is 10.8. The standard InChI is InChI=1S/C38H26ClF2N3O3/c1-24-19-21-44(29-15-13-28(40)14-16-29)38(46)34(24)31(45)23-25-12-17-32(30(41)22-25)47-33-18-20-42-37(35(33)39)43-36(26-8-4-2-5-9-26)27-10-6-3-7-11-27/h2-22H,23H2,1H3. The maximum absolute atomic E-state index is 15.3. The summed E-state index contributed by atoms with van der Waals surface area (Å²) in [6.07, 6.45) is 2.77. The maximum atomic E-state index is 15.3. The summed E-state index contributed by atoms with van der Waals surface area (Å²) in [7, 11) is 0. The molecule has 4 aromatic carbocycles. The first-order chi connectivity index (χ1) is 22.8. The fraction of sp³-hybridized carbons (Fsp3) is 0.0526. The Morgan fingerprint density at radius 3 is 2.15 bits per heavy atom. The van der Waals surface area contributed by atoms with Crippen LogP contribution in [0.5, 0.6) is 11.5 Å². The topological polar surface area (TPSA) is 73.5 Å². The van der Waals surface area contributed by atoms with Crippen LogP contribution in [0, 0.1) is 18.6 Å². The van der Waals surface area contributed by atoms with E-state index >= 15 is 4.39 Å². The molecule has 0 saturated heterocycles. The van der Waals surface area contributed by atoms with Gasteiger partial charge in [0.25, 0.3) is 5.56 Å². The molecule has 6 rings (SSSR count). The third kappa shape index (κ3) is 6.93. The minimum atomic E-state index is -0.726. The van der Waals surface area contributed by atoms with Crippen molar-refractivity contribution < 1.29 is 18.3 Å². The number of ketones is 1. The first-order valence-corrected chi connectivity index (χ1v) is 15.0. The molecule has 0 saturated carbocycles. The van der Waals surface area contributed by atoms with Crippen molar-refractivity contribution in [2.45, 2.75) is 13.3 Å². The minimum absolute atomic E-state index is 0.0282. The molecule has 6 nitrogen and oxygen atoms in total. The van der Waals surface area contributed by atoms with Gasteiger partial charge in [0, 0.05) is 41.7 Å². The zero-order valence-corrected chi connectivity index (χ0v) is 25.8. The Balaban J connectivity index is 1.24. The number of Topliss-reactive ketones (excluding diaryl/α,β-unsaturated/α-hetero) is 1. The Hall–Kier alpha value is -5.73. The Bertz CT molecular complexity index is 2130. The van der Waals surface area contributed by atoms with Crippen molar-refractivity contribution in [1.29, 1.82) is 0 Å². The fourth-order valence-corrected chi connectivity index (χ4v) is 5.26. The van der Waals surface area contributed by atoms with Crippen LogP contribution in [0.25, 0.3) is 5.69 Å². The number of hydrogen-bond donors (Lipinski definition) is 0. The van der Waals surface area contributed by atoms with E-state index in [1.165, 1.54) is 59.4 Å². The Labute approximate surface area is 274 Å². The molecule has 0 bridgehead atoms. The molecule has 0 unspecified atom stereocenters. The number of nitrogens with zero attached hydrogens (tertiary/aromatic N) is 3. The summed E-state index contributed by atoms with van der Waals surface area (Å²) in [5.74, 6) is -1.44. The van der Waals surface area contributed by atoms with Gasteiger partial charge in [-0.25, -0.2) is 18.8 Å². The van der Waals surface area contributed by atoms with E-state index in [0.717, 1.165) is 11.1 Å². The molecule has 0 atom stereocenters. The van der Waals surface area contributed by atoms with Crippen LogP contribution in [0.1, 0.15) is 32.6 Å². The molecule has 6 aromatic rings. The lowest BCUT2D eigenvalue weighted by Crippen LogP contribution is -2.27. The highest BCUT2D eigenvalue weighted by Gasteiger charge is 2.19. The second-order valence-electron chi connectivity index (χ2n) is 10.6. The van der Waals surface area contributed by atoms with Crippen LogP contribution in [0.2, 0.25) is 5.02 Å². The quantitative estimate of drug-likeness (QED) is 0.116. The number of pyridine rings is 2. The number of aryl methyl sites for hydroxylation is 1. The van der Waals surface area contributed by atoms with Crippen molar-refractivity contribution in [3.8, 4) is 17.2 Å². The summed E-state index contributed by atoms with van der Waals surface area (Å²) in [6.45, 7) is 1.65. The summed E-state index contributed by atoms with van der Waals surface area (Å²) in [6, 6.07) is 31.8. The van der Waals surface area contributed by atoms with Gasteiger partial charge in [-0.05, 0) is 60.5 Å². The second-order valence-corrected chi connectivity index (χ2v) is 11.0. The third-order valence-electron chi connectivity index (χ3n) is 7.41. The largest absolute Gasteiger partial charge is 0.453 e. The van der Waals surface area contributed by atoms with Crippen molar-refractivity contribution in [2.75, 3.05) is 0 Å². The minimum Gasteiger partial charge on any atom is -0.453 e. The molecule has 0 aliphatic carbocycles. The van der Waals surface area contributed by atoms with Crippen molar-refractivity contribution in [2.24, 2.45) is 4.99 Å². The number of carbonyl (C=O) groups excluding carboxylic acids is 1. The molecule has 0 aliphatic heterocycles. The molecule has 0 spiro atoms. The van der Waals surface area contributed by atoms with Crippen molar-refractivity contribution in [3.63, 3.8) is 0 Å². The van der Waals surface area contributed by atoms with Gasteiger partial charge in [-0.1, -0.05) is 78.3 Å². The average Bonchev–Trinajstić information content (AvgIpc) is 3.08. The molecular weight excluding hydrogens is 620 g/mol. The molecule has 2 aromatic heterocycles. The number of hydrogen-bond acceptors (Lipinski definition) is 5. The highest BCUT2D eigenvalue weighted by molar-refractivity contribution is 6.34. The molecule has 2 heterocycles. The fourth-order valence-electron chi connectivity index (χ4n) is 5.07. The molecule has 0 amide bonds. The lowest BCUT2D eigenvalue weighted by molar-refractivity contribution is 0.0990. The van der Waals surface area contributed by atoms with E-state index < -0.39 is 23.0 Å². The van der Waals surface area contributed by atoms with E-state index in [2.05, 4.69) is 4.98 Å². The van der Waals surface area contributed by atoms with Crippen LogP contribution in [0.3, 0.4) is 0 Å². The Morgan fingerprint density at radius 2 is 1.51 bits per heavy atom. The summed E-state index contributed by atoms with van der Waals surface area (Å²) in [5.41, 5.74) is 3.03. The lowest BCUT2D eigenvalue weighted by Gasteiger charge is -2.12. The number of rotatable bonds is 9.